The first-order chi connectivity index (χ1) is 14.5. The van der Waals surface area contributed by atoms with Crippen LogP contribution < -0.4 is 19.5 Å². The molecule has 1 N–H and O–H groups in total. The summed E-state index contributed by atoms with van der Waals surface area (Å²) in [7, 11) is 3.02. The number of amides is 1. The van der Waals surface area contributed by atoms with Crippen molar-refractivity contribution in [2.24, 2.45) is 0 Å². The summed E-state index contributed by atoms with van der Waals surface area (Å²) in [5.74, 6) is 1.06. The fourth-order valence-corrected chi connectivity index (χ4v) is 4.21. The summed E-state index contributed by atoms with van der Waals surface area (Å²) in [6.07, 6.45) is 2.46. The summed E-state index contributed by atoms with van der Waals surface area (Å²) < 4.78 is 22.4. The van der Waals surface area contributed by atoms with Gasteiger partial charge in [0, 0.05) is 30.4 Å². The Balaban J connectivity index is 1.55. The van der Waals surface area contributed by atoms with E-state index in [4.69, 9.17) is 18.9 Å². The zero-order chi connectivity index (χ0) is 21.1. The van der Waals surface area contributed by atoms with Crippen LogP contribution in [0.25, 0.3) is 0 Å². The number of rotatable bonds is 5. The van der Waals surface area contributed by atoms with Crippen molar-refractivity contribution >= 4 is 5.91 Å². The third-order valence-corrected chi connectivity index (χ3v) is 5.80. The van der Waals surface area contributed by atoms with Crippen LogP contribution >= 0.6 is 0 Å². The van der Waals surface area contributed by atoms with Gasteiger partial charge in [-0.25, -0.2) is 4.98 Å². The first-order valence-corrected chi connectivity index (χ1v) is 10.1. The van der Waals surface area contributed by atoms with Gasteiger partial charge in [-0.3, -0.25) is 4.79 Å². The summed E-state index contributed by atoms with van der Waals surface area (Å²) >= 11 is 0. The summed E-state index contributed by atoms with van der Waals surface area (Å²) in [6.45, 7) is 3.15. The van der Waals surface area contributed by atoms with Crippen LogP contribution in [0.4, 0.5) is 0 Å². The number of ether oxygens (including phenoxy) is 4. The summed E-state index contributed by atoms with van der Waals surface area (Å²) in [6, 6.07) is 7.98. The van der Waals surface area contributed by atoms with Gasteiger partial charge >= 0.3 is 6.01 Å². The fraction of sp³-hybridized carbons (Fsp3) is 0.500. The monoisotopic (exact) mass is 413 g/mol. The minimum Gasteiger partial charge on any atom is -0.487 e. The number of nitrogens with zero attached hydrogens (tertiary/aromatic N) is 2. The maximum absolute atomic E-state index is 13.0. The lowest BCUT2D eigenvalue weighted by molar-refractivity contribution is -0.122. The molecule has 30 heavy (non-hydrogen) atoms. The van der Waals surface area contributed by atoms with Gasteiger partial charge < -0.3 is 24.3 Å². The number of nitrogens with one attached hydrogen (secondary N) is 1. The number of carbonyl (C=O) groups excluding carboxylic acids is 1. The Morgan fingerprint density at radius 2 is 1.97 bits per heavy atom. The zero-order valence-corrected chi connectivity index (χ0v) is 17.6. The fourth-order valence-electron chi connectivity index (χ4n) is 4.21. The molecule has 1 aromatic carbocycles. The number of carbonyl (C=O) groups is 1. The second-order valence-corrected chi connectivity index (χ2v) is 7.72. The van der Waals surface area contributed by atoms with Gasteiger partial charge in [-0.2, -0.15) is 4.98 Å². The van der Waals surface area contributed by atoms with E-state index in [-0.39, 0.29) is 30.0 Å². The van der Waals surface area contributed by atoms with E-state index in [1.165, 1.54) is 14.2 Å². The Kier molecular flexibility index (Phi) is 5.76. The molecule has 2 aliphatic rings. The van der Waals surface area contributed by atoms with E-state index in [1.54, 1.807) is 0 Å². The normalized spacial score (nSPS) is 19.5. The van der Waals surface area contributed by atoms with Gasteiger partial charge in [0.1, 0.15) is 11.4 Å². The van der Waals surface area contributed by atoms with Crippen LogP contribution in [0.15, 0.2) is 24.3 Å². The molecule has 0 saturated carbocycles. The topological polar surface area (TPSA) is 91.8 Å². The largest absolute Gasteiger partial charge is 0.487 e. The van der Waals surface area contributed by atoms with Crippen LogP contribution in [0.2, 0.25) is 0 Å². The van der Waals surface area contributed by atoms with Gasteiger partial charge in [-0.15, -0.1) is 0 Å². The molecule has 0 radical (unpaired) electrons. The van der Waals surface area contributed by atoms with Crippen molar-refractivity contribution in [1.82, 2.24) is 15.3 Å². The van der Waals surface area contributed by atoms with Crippen LogP contribution in [0.5, 0.6) is 17.6 Å². The molecule has 1 spiro atoms. The quantitative estimate of drug-likeness (QED) is 0.805. The van der Waals surface area contributed by atoms with Crippen molar-refractivity contribution < 1.29 is 23.7 Å². The highest BCUT2D eigenvalue weighted by Crippen LogP contribution is 2.43. The van der Waals surface area contributed by atoms with Crippen LogP contribution in [0.3, 0.4) is 0 Å². The average molecular weight is 413 g/mol. The maximum Gasteiger partial charge on any atom is 0.319 e. The Morgan fingerprint density at radius 1 is 1.20 bits per heavy atom. The molecule has 0 aliphatic carbocycles. The predicted molar refractivity (Wildman–Crippen MR) is 109 cm³/mol. The molecule has 1 aromatic heterocycles. The van der Waals surface area contributed by atoms with Gasteiger partial charge in [0.25, 0.3) is 0 Å². The minimum atomic E-state index is -0.304. The molecule has 1 atom stereocenters. The lowest BCUT2D eigenvalue weighted by atomic mass is 9.82. The molecule has 1 fully saturated rings. The summed E-state index contributed by atoms with van der Waals surface area (Å²) in [5.41, 5.74) is 2.00. The van der Waals surface area contributed by atoms with Crippen LogP contribution in [0.1, 0.15) is 42.1 Å². The zero-order valence-electron chi connectivity index (χ0n) is 17.6. The smallest absolute Gasteiger partial charge is 0.319 e. The molecule has 8 heteroatoms. The molecule has 4 rings (SSSR count). The van der Waals surface area contributed by atoms with Gasteiger partial charge in [-0.1, -0.05) is 18.2 Å². The molecule has 2 aliphatic heterocycles. The number of para-hydroxylation sites is 1. The Morgan fingerprint density at radius 3 is 2.70 bits per heavy atom. The number of benzene rings is 1. The van der Waals surface area contributed by atoms with E-state index in [1.807, 2.05) is 31.2 Å². The van der Waals surface area contributed by atoms with E-state index in [9.17, 15) is 4.79 Å². The highest BCUT2D eigenvalue weighted by atomic mass is 16.5. The molecule has 8 nitrogen and oxygen atoms in total. The maximum atomic E-state index is 13.0. The van der Waals surface area contributed by atoms with Gasteiger partial charge in [-0.05, 0) is 13.0 Å². The number of aryl methyl sites for hydroxylation is 1. The number of methoxy groups -OCH3 is 2. The van der Waals surface area contributed by atoms with E-state index in [2.05, 4.69) is 15.3 Å². The Hall–Kier alpha value is -2.87. The SMILES string of the molecule is COc1nc(C)c(CC(=O)NC2CC3(CCOCC3)Oc3ccccc32)c(OC)n1. The van der Waals surface area contributed by atoms with E-state index in [0.29, 0.717) is 36.8 Å². The van der Waals surface area contributed by atoms with Crippen molar-refractivity contribution in [2.75, 3.05) is 27.4 Å². The number of fused-ring (bicyclic) bond motifs is 1. The molecule has 1 amide bonds. The van der Waals surface area contributed by atoms with Crippen molar-refractivity contribution in [3.8, 4) is 17.6 Å². The summed E-state index contributed by atoms with van der Waals surface area (Å²) in [4.78, 5) is 21.5. The molecule has 0 bridgehead atoms. The van der Waals surface area contributed by atoms with Crippen molar-refractivity contribution in [2.45, 2.75) is 44.2 Å². The summed E-state index contributed by atoms with van der Waals surface area (Å²) in [5, 5.41) is 3.20. The van der Waals surface area contributed by atoms with Crippen molar-refractivity contribution in [3.63, 3.8) is 0 Å². The third-order valence-electron chi connectivity index (χ3n) is 5.80. The molecule has 160 valence electrons. The van der Waals surface area contributed by atoms with Crippen LogP contribution in [-0.4, -0.2) is 48.9 Å². The van der Waals surface area contributed by atoms with Crippen molar-refractivity contribution in [1.29, 1.82) is 0 Å². The second-order valence-electron chi connectivity index (χ2n) is 7.72. The molecular weight excluding hydrogens is 386 g/mol. The van der Waals surface area contributed by atoms with E-state index in [0.717, 1.165) is 24.2 Å². The van der Waals surface area contributed by atoms with Crippen molar-refractivity contribution in [3.05, 3.63) is 41.1 Å². The number of hydrogen-bond acceptors (Lipinski definition) is 7. The van der Waals surface area contributed by atoms with Gasteiger partial charge in [0.05, 0.1) is 45.6 Å². The first kappa shape index (κ1) is 20.4. The highest BCUT2D eigenvalue weighted by molar-refractivity contribution is 5.80. The minimum absolute atomic E-state index is 0.117. The lowest BCUT2D eigenvalue weighted by Crippen LogP contribution is -2.48. The lowest BCUT2D eigenvalue weighted by Gasteiger charge is -2.44. The van der Waals surface area contributed by atoms with Crippen LogP contribution in [0, 0.1) is 6.92 Å². The number of aromatic nitrogens is 2. The third kappa shape index (κ3) is 4.05. The Labute approximate surface area is 175 Å². The van der Waals surface area contributed by atoms with Gasteiger partial charge in [0.2, 0.25) is 11.8 Å². The number of hydrogen-bond donors (Lipinski definition) is 1. The Bertz CT molecular complexity index is 927. The molecule has 1 unspecified atom stereocenters. The van der Waals surface area contributed by atoms with E-state index < -0.39 is 0 Å². The molecule has 1 saturated heterocycles. The highest BCUT2D eigenvalue weighted by Gasteiger charge is 2.42. The van der Waals surface area contributed by atoms with E-state index >= 15 is 0 Å². The van der Waals surface area contributed by atoms with Crippen LogP contribution in [-0.2, 0) is 16.0 Å². The first-order valence-electron chi connectivity index (χ1n) is 10.1. The molecule has 2 aromatic rings. The standard InChI is InChI=1S/C22H27N3O5/c1-14-16(20(27-2)25-21(23-14)28-3)12-19(26)24-17-13-22(8-10-29-11-9-22)30-18-7-5-4-6-15(17)18/h4-7,17H,8-13H2,1-3H3,(H,24,26). The van der Waals surface area contributed by atoms with Gasteiger partial charge in [0.15, 0.2) is 0 Å². The molecule has 3 heterocycles. The second kappa shape index (κ2) is 8.47. The predicted octanol–water partition coefficient (Wildman–Crippen LogP) is 2.53. The average Bonchev–Trinajstić information content (AvgIpc) is 2.75. The molecular formula is C22H27N3O5.